The van der Waals surface area contributed by atoms with Gasteiger partial charge in [0.25, 0.3) is 0 Å². The van der Waals surface area contributed by atoms with Crippen LogP contribution < -0.4 is 9.62 Å². The third-order valence-corrected chi connectivity index (χ3v) is 8.50. The van der Waals surface area contributed by atoms with Crippen molar-refractivity contribution in [1.29, 1.82) is 0 Å². The highest BCUT2D eigenvalue weighted by Crippen LogP contribution is 2.24. The van der Waals surface area contributed by atoms with Gasteiger partial charge in [-0.1, -0.05) is 77.5 Å². The van der Waals surface area contributed by atoms with E-state index in [0.717, 1.165) is 30.3 Å². The first-order chi connectivity index (χ1) is 19.0. The maximum atomic E-state index is 14.9. The topological polar surface area (TPSA) is 90.0 Å². The Hall–Kier alpha value is -3.28. The van der Waals surface area contributed by atoms with E-state index in [2.05, 4.69) is 21.2 Å². The third-order valence-electron chi connectivity index (χ3n) is 6.20. The zero-order valence-corrected chi connectivity index (χ0v) is 25.2. The molecule has 3 aromatic carbocycles. The standard InChI is InChI=1S/C29H34BrFN4O4S/c1-4-17-32-29(37)27(19-22-11-6-5-7-12-22)34(20-23-13-10-14-24(30)18-23)28(36)21-35(40(38,39)33(2)3)26-16-9-8-15-25(26)31/h5-16,18,27H,4,17,19-21H2,1-3H3,(H,32,37)/t27-/m0/s1. The second-order valence-electron chi connectivity index (χ2n) is 9.40. The summed E-state index contributed by atoms with van der Waals surface area (Å²) in [6.45, 7) is 1.67. The lowest BCUT2D eigenvalue weighted by Crippen LogP contribution is -2.54. The van der Waals surface area contributed by atoms with Gasteiger partial charge in [-0.2, -0.15) is 12.7 Å². The highest BCUT2D eigenvalue weighted by Gasteiger charge is 2.35. The molecule has 214 valence electrons. The van der Waals surface area contributed by atoms with Crippen LogP contribution in [-0.4, -0.2) is 62.7 Å². The van der Waals surface area contributed by atoms with Crippen molar-refractivity contribution in [3.05, 3.63) is 100 Å². The van der Waals surface area contributed by atoms with Crippen molar-refractivity contribution < 1.29 is 22.4 Å². The molecule has 8 nitrogen and oxygen atoms in total. The van der Waals surface area contributed by atoms with Crippen LogP contribution in [0.5, 0.6) is 0 Å². The number of carbonyl (C=O) groups is 2. The molecule has 1 atom stereocenters. The van der Waals surface area contributed by atoms with E-state index in [0.29, 0.717) is 13.0 Å². The molecule has 0 unspecified atom stereocenters. The van der Waals surface area contributed by atoms with Gasteiger partial charge in [0.15, 0.2) is 0 Å². The van der Waals surface area contributed by atoms with E-state index in [1.807, 2.05) is 61.5 Å². The quantitative estimate of drug-likeness (QED) is 0.303. The number of rotatable bonds is 13. The number of para-hydroxylation sites is 1. The number of hydrogen-bond acceptors (Lipinski definition) is 4. The SMILES string of the molecule is CCCNC(=O)[C@H](Cc1ccccc1)N(Cc1cccc(Br)c1)C(=O)CN(c1ccccc1F)S(=O)(=O)N(C)C. The Morgan fingerprint density at radius 1 is 0.950 bits per heavy atom. The summed E-state index contributed by atoms with van der Waals surface area (Å²) in [4.78, 5) is 29.0. The van der Waals surface area contributed by atoms with Crippen molar-refractivity contribution in [2.75, 3.05) is 31.5 Å². The lowest BCUT2D eigenvalue weighted by atomic mass is 10.0. The number of halogens is 2. The number of hydrogen-bond donors (Lipinski definition) is 1. The normalized spacial score (nSPS) is 12.2. The van der Waals surface area contributed by atoms with Crippen molar-refractivity contribution in [2.24, 2.45) is 0 Å². The Morgan fingerprint density at radius 2 is 1.60 bits per heavy atom. The number of carbonyl (C=O) groups excluding carboxylic acids is 2. The molecule has 1 N–H and O–H groups in total. The van der Waals surface area contributed by atoms with Gasteiger partial charge in [-0.15, -0.1) is 0 Å². The molecule has 40 heavy (non-hydrogen) atoms. The van der Waals surface area contributed by atoms with Gasteiger partial charge in [-0.25, -0.2) is 8.70 Å². The summed E-state index contributed by atoms with van der Waals surface area (Å²) in [5.74, 6) is -1.80. The molecule has 0 saturated heterocycles. The number of nitrogens with zero attached hydrogens (tertiary/aromatic N) is 3. The van der Waals surface area contributed by atoms with Crippen LogP contribution in [0.3, 0.4) is 0 Å². The van der Waals surface area contributed by atoms with Crippen LogP contribution in [0.1, 0.15) is 24.5 Å². The van der Waals surface area contributed by atoms with Crippen LogP contribution in [0.2, 0.25) is 0 Å². The highest BCUT2D eigenvalue weighted by atomic mass is 79.9. The van der Waals surface area contributed by atoms with Crippen LogP contribution in [0, 0.1) is 5.82 Å². The van der Waals surface area contributed by atoms with E-state index in [4.69, 9.17) is 0 Å². The molecule has 0 saturated carbocycles. The van der Waals surface area contributed by atoms with E-state index in [-0.39, 0.29) is 24.6 Å². The highest BCUT2D eigenvalue weighted by molar-refractivity contribution is 9.10. The fraction of sp³-hybridized carbons (Fsp3) is 0.310. The Balaban J connectivity index is 2.09. The summed E-state index contributed by atoms with van der Waals surface area (Å²) < 4.78 is 43.9. The van der Waals surface area contributed by atoms with Crippen molar-refractivity contribution >= 4 is 43.6 Å². The van der Waals surface area contributed by atoms with E-state index in [1.165, 1.54) is 37.2 Å². The second-order valence-corrected chi connectivity index (χ2v) is 12.4. The first-order valence-corrected chi connectivity index (χ1v) is 15.0. The van der Waals surface area contributed by atoms with Gasteiger partial charge < -0.3 is 10.2 Å². The molecule has 0 spiro atoms. The molecule has 0 aliphatic heterocycles. The monoisotopic (exact) mass is 632 g/mol. The molecule has 0 fully saturated rings. The first kappa shape index (κ1) is 31.3. The second kappa shape index (κ2) is 14.4. The average molecular weight is 634 g/mol. The molecule has 0 aliphatic carbocycles. The first-order valence-electron chi connectivity index (χ1n) is 12.8. The van der Waals surface area contributed by atoms with E-state index >= 15 is 0 Å². The molecule has 0 radical (unpaired) electrons. The number of anilines is 1. The molecular formula is C29H34BrFN4O4S. The fourth-order valence-corrected chi connectivity index (χ4v) is 5.62. The van der Waals surface area contributed by atoms with Gasteiger partial charge >= 0.3 is 10.2 Å². The molecule has 11 heteroatoms. The summed E-state index contributed by atoms with van der Waals surface area (Å²) in [6, 6.07) is 21.0. The molecular weight excluding hydrogens is 599 g/mol. The minimum absolute atomic E-state index is 0.0302. The van der Waals surface area contributed by atoms with Crippen molar-refractivity contribution in [3.63, 3.8) is 0 Å². The minimum Gasteiger partial charge on any atom is -0.354 e. The van der Waals surface area contributed by atoms with E-state index in [1.54, 1.807) is 0 Å². The zero-order chi connectivity index (χ0) is 29.3. The molecule has 3 aromatic rings. The predicted octanol–water partition coefficient (Wildman–Crippen LogP) is 4.37. The minimum atomic E-state index is -4.27. The van der Waals surface area contributed by atoms with Gasteiger partial charge in [-0.3, -0.25) is 9.59 Å². The van der Waals surface area contributed by atoms with Gasteiger partial charge in [-0.05, 0) is 41.8 Å². The molecule has 0 aliphatic rings. The summed E-state index contributed by atoms with van der Waals surface area (Å²) in [5, 5.41) is 2.89. The smallest absolute Gasteiger partial charge is 0.304 e. The molecule has 2 amide bonds. The van der Waals surface area contributed by atoms with Gasteiger partial charge in [0, 0.05) is 38.1 Å². The third kappa shape index (κ3) is 8.12. The van der Waals surface area contributed by atoms with Crippen LogP contribution in [-0.2, 0) is 32.8 Å². The Kier molecular flexibility index (Phi) is 11.2. The predicted molar refractivity (Wildman–Crippen MR) is 158 cm³/mol. The fourth-order valence-electron chi connectivity index (χ4n) is 4.11. The van der Waals surface area contributed by atoms with Crippen molar-refractivity contribution in [1.82, 2.24) is 14.5 Å². The zero-order valence-electron chi connectivity index (χ0n) is 22.8. The van der Waals surface area contributed by atoms with Crippen molar-refractivity contribution in [3.8, 4) is 0 Å². The molecule has 0 aromatic heterocycles. The van der Waals surface area contributed by atoms with Gasteiger partial charge in [0.05, 0.1) is 5.69 Å². The maximum Gasteiger partial charge on any atom is 0.304 e. The number of benzene rings is 3. The Bertz CT molecular complexity index is 1410. The lowest BCUT2D eigenvalue weighted by Gasteiger charge is -2.34. The summed E-state index contributed by atoms with van der Waals surface area (Å²) >= 11 is 3.45. The summed E-state index contributed by atoms with van der Waals surface area (Å²) in [6.07, 6.45) is 0.905. The number of amides is 2. The van der Waals surface area contributed by atoms with E-state index < -0.39 is 34.5 Å². The molecule has 0 bridgehead atoms. The van der Waals surface area contributed by atoms with Crippen LogP contribution >= 0.6 is 15.9 Å². The lowest BCUT2D eigenvalue weighted by molar-refractivity contribution is -0.140. The van der Waals surface area contributed by atoms with Crippen LogP contribution in [0.15, 0.2) is 83.3 Å². The Morgan fingerprint density at radius 3 is 2.23 bits per heavy atom. The summed E-state index contributed by atoms with van der Waals surface area (Å²) in [5.41, 5.74) is 1.30. The van der Waals surface area contributed by atoms with E-state index in [9.17, 15) is 22.4 Å². The molecule has 0 heterocycles. The largest absolute Gasteiger partial charge is 0.354 e. The average Bonchev–Trinajstić information content (AvgIpc) is 2.93. The van der Waals surface area contributed by atoms with Crippen molar-refractivity contribution in [2.45, 2.75) is 32.4 Å². The number of nitrogens with one attached hydrogen (secondary N) is 1. The Labute approximate surface area is 244 Å². The molecule has 3 rings (SSSR count). The van der Waals surface area contributed by atoms with Crippen LogP contribution in [0.25, 0.3) is 0 Å². The van der Waals surface area contributed by atoms with Gasteiger partial charge in [0.1, 0.15) is 18.4 Å². The summed E-state index contributed by atoms with van der Waals surface area (Å²) in [7, 11) is -1.65. The van der Waals surface area contributed by atoms with Crippen LogP contribution in [0.4, 0.5) is 10.1 Å². The van der Waals surface area contributed by atoms with Gasteiger partial charge in [0.2, 0.25) is 11.8 Å². The maximum absolute atomic E-state index is 14.9.